The number of aromatic nitrogens is 2. The molecule has 0 atom stereocenters. The fraction of sp³-hybridized carbons (Fsp3) is 0.462. The van der Waals surface area contributed by atoms with E-state index in [9.17, 15) is 4.79 Å². The predicted octanol–water partition coefficient (Wildman–Crippen LogP) is 4.72. The van der Waals surface area contributed by atoms with Crippen LogP contribution in [0, 0.1) is 5.92 Å². The van der Waals surface area contributed by atoms with Gasteiger partial charge in [0.05, 0.1) is 0 Å². The largest absolute Gasteiger partial charge is 0.368 e. The van der Waals surface area contributed by atoms with Crippen molar-refractivity contribution in [1.29, 1.82) is 0 Å². The predicted molar refractivity (Wildman–Crippen MR) is 137 cm³/mol. The molecule has 1 N–H and O–H groups in total. The second-order valence-corrected chi connectivity index (χ2v) is 9.06. The summed E-state index contributed by atoms with van der Waals surface area (Å²) < 4.78 is 0. The Bertz CT molecular complexity index is 1030. The fourth-order valence-electron chi connectivity index (χ4n) is 5.22. The molecule has 0 radical (unpaired) electrons. The summed E-state index contributed by atoms with van der Waals surface area (Å²) in [4.78, 5) is 28.1. The first-order chi connectivity index (χ1) is 15.8. The molecule has 176 valence electrons. The van der Waals surface area contributed by atoms with Crippen LogP contribution in [0.2, 0.25) is 0 Å². The van der Waals surface area contributed by atoms with Gasteiger partial charge in [0.25, 0.3) is 0 Å². The van der Waals surface area contributed by atoms with Crippen LogP contribution in [-0.2, 0) is 4.79 Å². The van der Waals surface area contributed by atoms with Crippen molar-refractivity contribution in [2.75, 3.05) is 49.1 Å². The summed E-state index contributed by atoms with van der Waals surface area (Å²) in [7, 11) is 0. The SMILES string of the molecule is Cl.O=C(C1CCCCC1)N(CCN1CCN(c2cccc3[nH]ccc23)CC1)c1ccccn1. The molecule has 3 heterocycles. The molecule has 1 saturated heterocycles. The first-order valence-electron chi connectivity index (χ1n) is 12.1. The molecule has 33 heavy (non-hydrogen) atoms. The number of benzene rings is 1. The zero-order valence-electron chi connectivity index (χ0n) is 19.2. The Kier molecular flexibility index (Phi) is 7.89. The zero-order chi connectivity index (χ0) is 21.8. The third-order valence-electron chi connectivity index (χ3n) is 7.07. The number of nitrogens with one attached hydrogen (secondary N) is 1. The first-order valence-corrected chi connectivity index (χ1v) is 12.1. The van der Waals surface area contributed by atoms with E-state index >= 15 is 0 Å². The van der Waals surface area contributed by atoms with Gasteiger partial charge in [0.2, 0.25) is 5.91 Å². The average Bonchev–Trinajstić information content (AvgIpc) is 3.35. The topological polar surface area (TPSA) is 55.5 Å². The van der Waals surface area contributed by atoms with Crippen LogP contribution < -0.4 is 9.80 Å². The summed E-state index contributed by atoms with van der Waals surface area (Å²) in [5.41, 5.74) is 2.50. The molecule has 3 aromatic rings. The molecule has 5 rings (SSSR count). The number of halogens is 1. The Balaban J connectivity index is 0.00000259. The van der Waals surface area contributed by atoms with E-state index in [1.165, 1.54) is 35.9 Å². The van der Waals surface area contributed by atoms with E-state index < -0.39 is 0 Å². The Labute approximate surface area is 202 Å². The molecule has 0 unspecified atom stereocenters. The minimum atomic E-state index is 0. The number of piperazine rings is 1. The van der Waals surface area contributed by atoms with Gasteiger partial charge in [-0.15, -0.1) is 12.4 Å². The molecule has 2 aromatic heterocycles. The second kappa shape index (κ2) is 11.0. The fourth-order valence-corrected chi connectivity index (χ4v) is 5.22. The van der Waals surface area contributed by atoms with Crippen LogP contribution in [0.4, 0.5) is 11.5 Å². The number of anilines is 2. The number of rotatable bonds is 6. The van der Waals surface area contributed by atoms with Crippen LogP contribution in [-0.4, -0.2) is 60.0 Å². The molecule has 2 fully saturated rings. The summed E-state index contributed by atoms with van der Waals surface area (Å²) in [6, 6.07) is 14.5. The van der Waals surface area contributed by atoms with Crippen molar-refractivity contribution in [1.82, 2.24) is 14.9 Å². The first kappa shape index (κ1) is 23.6. The summed E-state index contributed by atoms with van der Waals surface area (Å²) >= 11 is 0. The highest BCUT2D eigenvalue weighted by Crippen LogP contribution is 2.28. The lowest BCUT2D eigenvalue weighted by Crippen LogP contribution is -2.49. The van der Waals surface area contributed by atoms with Gasteiger partial charge < -0.3 is 9.88 Å². The molecule has 2 aliphatic rings. The van der Waals surface area contributed by atoms with Gasteiger partial charge >= 0.3 is 0 Å². The van der Waals surface area contributed by atoms with Crippen LogP contribution in [0.3, 0.4) is 0 Å². The van der Waals surface area contributed by atoms with Crippen LogP contribution >= 0.6 is 12.4 Å². The number of H-pyrrole nitrogens is 1. The van der Waals surface area contributed by atoms with Gasteiger partial charge in [-0.3, -0.25) is 14.6 Å². The van der Waals surface area contributed by atoms with E-state index in [2.05, 4.69) is 44.0 Å². The van der Waals surface area contributed by atoms with Crippen molar-refractivity contribution in [2.24, 2.45) is 5.92 Å². The average molecular weight is 468 g/mol. The number of carbonyl (C=O) groups excluding carboxylic acids is 1. The quantitative estimate of drug-likeness (QED) is 0.570. The minimum Gasteiger partial charge on any atom is -0.368 e. The van der Waals surface area contributed by atoms with Crippen molar-refractivity contribution < 1.29 is 4.79 Å². The van der Waals surface area contributed by atoms with Gasteiger partial charge in [0, 0.05) is 74.2 Å². The van der Waals surface area contributed by atoms with Gasteiger partial charge in [-0.1, -0.05) is 31.4 Å². The van der Waals surface area contributed by atoms with Crippen LogP contribution in [0.25, 0.3) is 10.9 Å². The van der Waals surface area contributed by atoms with Crippen molar-refractivity contribution in [3.8, 4) is 0 Å². The maximum absolute atomic E-state index is 13.4. The summed E-state index contributed by atoms with van der Waals surface area (Å²) in [6.45, 7) is 5.62. The summed E-state index contributed by atoms with van der Waals surface area (Å²) in [5.74, 6) is 1.21. The molecule has 6 nitrogen and oxygen atoms in total. The molecule has 1 aromatic carbocycles. The van der Waals surface area contributed by atoms with Crippen LogP contribution in [0.15, 0.2) is 54.9 Å². The lowest BCUT2D eigenvalue weighted by molar-refractivity contribution is -0.123. The van der Waals surface area contributed by atoms with E-state index in [-0.39, 0.29) is 24.2 Å². The lowest BCUT2D eigenvalue weighted by Gasteiger charge is -2.37. The van der Waals surface area contributed by atoms with Gasteiger partial charge in [0.1, 0.15) is 5.82 Å². The Morgan fingerprint density at radius 3 is 2.58 bits per heavy atom. The monoisotopic (exact) mass is 467 g/mol. The maximum atomic E-state index is 13.4. The number of nitrogens with zero attached hydrogens (tertiary/aromatic N) is 4. The smallest absolute Gasteiger partial charge is 0.231 e. The highest BCUT2D eigenvalue weighted by Gasteiger charge is 2.28. The van der Waals surface area contributed by atoms with Gasteiger partial charge in [0.15, 0.2) is 0 Å². The molecule has 1 aliphatic carbocycles. The molecule has 1 saturated carbocycles. The minimum absolute atomic E-state index is 0. The van der Waals surface area contributed by atoms with E-state index in [0.29, 0.717) is 6.54 Å². The third kappa shape index (κ3) is 5.33. The van der Waals surface area contributed by atoms with Gasteiger partial charge in [-0.05, 0) is 43.2 Å². The van der Waals surface area contributed by atoms with E-state index in [0.717, 1.165) is 51.4 Å². The Morgan fingerprint density at radius 2 is 1.82 bits per heavy atom. The molecule has 0 spiro atoms. The number of amides is 1. The van der Waals surface area contributed by atoms with Gasteiger partial charge in [-0.2, -0.15) is 0 Å². The molecule has 1 amide bonds. The molecule has 1 aliphatic heterocycles. The van der Waals surface area contributed by atoms with E-state index in [1.807, 2.05) is 29.3 Å². The van der Waals surface area contributed by atoms with Crippen molar-refractivity contribution in [3.63, 3.8) is 0 Å². The van der Waals surface area contributed by atoms with Crippen LogP contribution in [0.5, 0.6) is 0 Å². The standard InChI is InChI=1S/C26H33N5O.ClH/c32-26(21-7-2-1-3-8-21)31(25-11-4-5-13-28-25)20-17-29-15-18-30(19-16-29)24-10-6-9-23-22(24)12-14-27-23;/h4-6,9-14,21,27H,1-3,7-8,15-20H2;1H. The lowest BCUT2D eigenvalue weighted by atomic mass is 9.88. The number of aromatic amines is 1. The summed E-state index contributed by atoms with van der Waals surface area (Å²) in [5, 5.41) is 1.29. The maximum Gasteiger partial charge on any atom is 0.231 e. The normalized spacial score (nSPS) is 17.6. The van der Waals surface area contributed by atoms with Crippen molar-refractivity contribution >= 4 is 40.7 Å². The molecular formula is C26H34ClN5O. The highest BCUT2D eigenvalue weighted by molar-refractivity contribution is 5.94. The number of fused-ring (bicyclic) bond motifs is 1. The number of carbonyl (C=O) groups is 1. The number of pyridine rings is 1. The van der Waals surface area contributed by atoms with E-state index in [1.54, 1.807) is 6.20 Å². The Morgan fingerprint density at radius 1 is 1.00 bits per heavy atom. The Hall–Kier alpha value is -2.57. The van der Waals surface area contributed by atoms with E-state index in [4.69, 9.17) is 0 Å². The number of hydrogen-bond acceptors (Lipinski definition) is 4. The molecule has 7 heteroatoms. The van der Waals surface area contributed by atoms with Crippen molar-refractivity contribution in [3.05, 3.63) is 54.9 Å². The molecule has 0 bridgehead atoms. The molecular weight excluding hydrogens is 434 g/mol. The highest BCUT2D eigenvalue weighted by atomic mass is 35.5. The second-order valence-electron chi connectivity index (χ2n) is 9.06. The van der Waals surface area contributed by atoms with Crippen molar-refractivity contribution in [2.45, 2.75) is 32.1 Å². The zero-order valence-corrected chi connectivity index (χ0v) is 20.0. The third-order valence-corrected chi connectivity index (χ3v) is 7.07. The van der Waals surface area contributed by atoms with Crippen LogP contribution in [0.1, 0.15) is 32.1 Å². The summed E-state index contributed by atoms with van der Waals surface area (Å²) in [6.07, 6.45) is 9.44. The number of hydrogen-bond donors (Lipinski definition) is 1. The van der Waals surface area contributed by atoms with Gasteiger partial charge in [-0.25, -0.2) is 4.98 Å².